The molecule has 2 aromatic rings. The van der Waals surface area contributed by atoms with Crippen LogP contribution in [0.3, 0.4) is 0 Å². The maximum Gasteiger partial charge on any atom is 0.212 e. The molecular formula is C13H11FNOP. The quantitative estimate of drug-likeness (QED) is 0.777. The zero-order valence-corrected chi connectivity index (χ0v) is 10.0. The van der Waals surface area contributed by atoms with Crippen molar-refractivity contribution in [2.45, 2.75) is 12.8 Å². The summed E-state index contributed by atoms with van der Waals surface area (Å²) < 4.78 is 23.6. The molecule has 86 valence electrons. The molecule has 0 aliphatic carbocycles. The Labute approximate surface area is 101 Å². The molecule has 0 saturated heterocycles. The maximum atomic E-state index is 12.7. The molecule has 2 rings (SSSR count). The van der Waals surface area contributed by atoms with E-state index < -0.39 is 0 Å². The van der Waals surface area contributed by atoms with Crippen molar-refractivity contribution in [2.75, 3.05) is 0 Å². The van der Waals surface area contributed by atoms with Gasteiger partial charge in [-0.1, -0.05) is 18.2 Å². The first-order chi connectivity index (χ1) is 8.29. The van der Waals surface area contributed by atoms with Gasteiger partial charge >= 0.3 is 0 Å². The second kappa shape index (κ2) is 5.65. The summed E-state index contributed by atoms with van der Waals surface area (Å²) in [7, 11) is -0.0574. The first-order valence-corrected chi connectivity index (χ1v) is 6.12. The first kappa shape index (κ1) is 11.9. The molecule has 0 amide bonds. The number of pyridine rings is 1. The van der Waals surface area contributed by atoms with E-state index in [1.54, 1.807) is 18.3 Å². The van der Waals surface area contributed by atoms with Crippen LogP contribution in [0.15, 0.2) is 42.6 Å². The molecule has 0 N–H and O–H groups in total. The highest BCUT2D eigenvalue weighted by atomic mass is 31.1. The summed E-state index contributed by atoms with van der Waals surface area (Å²) in [5.41, 5.74) is 2.60. The van der Waals surface area contributed by atoms with E-state index in [0.717, 1.165) is 24.0 Å². The predicted octanol–water partition coefficient (Wildman–Crippen LogP) is 2.92. The zero-order chi connectivity index (χ0) is 12.1. The standard InChI is InChI=1S/C13H11FNOP/c14-12-7-4-10(5-8-12)3-6-11-2-1-9-15-13(11)17-16/h1-2,4-5,7-9H,3,6H2. The van der Waals surface area contributed by atoms with Crippen molar-refractivity contribution in [1.82, 2.24) is 4.98 Å². The van der Waals surface area contributed by atoms with Crippen LogP contribution in [-0.4, -0.2) is 4.98 Å². The highest BCUT2D eigenvalue weighted by molar-refractivity contribution is 7.33. The number of hydrogen-bond acceptors (Lipinski definition) is 2. The van der Waals surface area contributed by atoms with Crippen LogP contribution in [0.2, 0.25) is 0 Å². The van der Waals surface area contributed by atoms with Crippen LogP contribution in [-0.2, 0) is 17.4 Å². The molecule has 1 aromatic carbocycles. The number of benzene rings is 1. The van der Waals surface area contributed by atoms with E-state index in [0.29, 0.717) is 5.44 Å². The summed E-state index contributed by atoms with van der Waals surface area (Å²) in [6.07, 6.45) is 3.17. The van der Waals surface area contributed by atoms with E-state index in [2.05, 4.69) is 4.98 Å². The third kappa shape index (κ3) is 3.18. The molecule has 2 nitrogen and oxygen atoms in total. The van der Waals surface area contributed by atoms with Gasteiger partial charge in [-0.25, -0.2) is 9.37 Å². The van der Waals surface area contributed by atoms with Crippen LogP contribution < -0.4 is 5.44 Å². The smallest absolute Gasteiger partial charge is 0.212 e. The molecule has 0 atom stereocenters. The van der Waals surface area contributed by atoms with E-state index >= 15 is 0 Å². The minimum Gasteiger partial charge on any atom is -0.268 e. The highest BCUT2D eigenvalue weighted by Gasteiger charge is 2.03. The van der Waals surface area contributed by atoms with Crippen molar-refractivity contribution < 1.29 is 8.96 Å². The van der Waals surface area contributed by atoms with Gasteiger partial charge < -0.3 is 0 Å². The summed E-state index contributed by atoms with van der Waals surface area (Å²) in [4.78, 5) is 4.04. The maximum absolute atomic E-state index is 12.7. The van der Waals surface area contributed by atoms with Crippen molar-refractivity contribution in [2.24, 2.45) is 0 Å². The third-order valence-corrected chi connectivity index (χ3v) is 3.13. The average Bonchev–Trinajstić information content (AvgIpc) is 2.38. The molecule has 4 heteroatoms. The first-order valence-electron chi connectivity index (χ1n) is 5.31. The minimum absolute atomic E-state index is 0.0574. The topological polar surface area (TPSA) is 30.0 Å². The zero-order valence-electron chi connectivity index (χ0n) is 9.14. The van der Waals surface area contributed by atoms with Crippen LogP contribution in [0.25, 0.3) is 0 Å². The second-order valence-electron chi connectivity index (χ2n) is 3.70. The Hall–Kier alpha value is -1.60. The number of nitrogens with zero attached hydrogens (tertiary/aromatic N) is 1. The van der Waals surface area contributed by atoms with Gasteiger partial charge in [0.15, 0.2) is 0 Å². The van der Waals surface area contributed by atoms with E-state index in [9.17, 15) is 8.96 Å². The molecule has 0 spiro atoms. The molecule has 0 bridgehead atoms. The summed E-state index contributed by atoms with van der Waals surface area (Å²) in [5.74, 6) is -0.228. The molecule has 0 radical (unpaired) electrons. The lowest BCUT2D eigenvalue weighted by Gasteiger charge is -2.03. The monoisotopic (exact) mass is 247 g/mol. The second-order valence-corrected chi connectivity index (χ2v) is 4.31. The van der Waals surface area contributed by atoms with Gasteiger partial charge in [0.1, 0.15) is 11.3 Å². The van der Waals surface area contributed by atoms with Crippen LogP contribution >= 0.6 is 8.46 Å². The molecule has 0 aliphatic heterocycles. The van der Waals surface area contributed by atoms with E-state index in [4.69, 9.17) is 0 Å². The lowest BCUT2D eigenvalue weighted by molar-refractivity contribution is 0.602. The van der Waals surface area contributed by atoms with Gasteiger partial charge in [0.2, 0.25) is 8.46 Å². The van der Waals surface area contributed by atoms with Gasteiger partial charge in [-0.3, -0.25) is 4.57 Å². The fourth-order valence-corrected chi connectivity index (χ4v) is 2.06. The van der Waals surface area contributed by atoms with Crippen LogP contribution in [0.5, 0.6) is 0 Å². The number of aryl methyl sites for hydroxylation is 2. The van der Waals surface area contributed by atoms with Crippen LogP contribution in [0.1, 0.15) is 11.1 Å². The van der Waals surface area contributed by atoms with Gasteiger partial charge in [-0.05, 0) is 42.2 Å². The van der Waals surface area contributed by atoms with Crippen LogP contribution in [0.4, 0.5) is 4.39 Å². The van der Waals surface area contributed by atoms with E-state index in [1.165, 1.54) is 12.1 Å². The molecule has 17 heavy (non-hydrogen) atoms. The van der Waals surface area contributed by atoms with Crippen molar-refractivity contribution in [3.63, 3.8) is 0 Å². The molecule has 1 aromatic heterocycles. The van der Waals surface area contributed by atoms with Gasteiger partial charge in [-0.15, -0.1) is 0 Å². The Morgan fingerprint density at radius 2 is 1.88 bits per heavy atom. The SMILES string of the molecule is O=Pc1ncccc1CCc1ccc(F)cc1. The summed E-state index contributed by atoms with van der Waals surface area (Å²) in [5, 5.41) is 0. The fraction of sp³-hybridized carbons (Fsp3) is 0.154. The minimum atomic E-state index is -0.228. The summed E-state index contributed by atoms with van der Waals surface area (Å²) in [6.45, 7) is 0. The lowest BCUT2D eigenvalue weighted by atomic mass is 10.1. The Morgan fingerprint density at radius 3 is 2.59 bits per heavy atom. The number of halogens is 1. The summed E-state index contributed by atoms with van der Waals surface area (Å²) >= 11 is 0. The average molecular weight is 247 g/mol. The molecule has 1 heterocycles. The Kier molecular flexibility index (Phi) is 3.94. The molecular weight excluding hydrogens is 236 g/mol. The third-order valence-electron chi connectivity index (χ3n) is 2.55. The van der Waals surface area contributed by atoms with Crippen molar-refractivity contribution in [1.29, 1.82) is 0 Å². The molecule has 0 saturated carbocycles. The van der Waals surface area contributed by atoms with Crippen LogP contribution in [0, 0.1) is 5.82 Å². The Bertz CT molecular complexity index is 513. The van der Waals surface area contributed by atoms with Crippen molar-refractivity contribution in [3.05, 3.63) is 59.5 Å². The number of rotatable bonds is 4. The number of aromatic nitrogens is 1. The normalized spacial score (nSPS) is 10.6. The summed E-state index contributed by atoms with van der Waals surface area (Å²) in [6, 6.07) is 10.2. The predicted molar refractivity (Wildman–Crippen MR) is 65.3 cm³/mol. The largest absolute Gasteiger partial charge is 0.268 e. The molecule has 0 fully saturated rings. The van der Waals surface area contributed by atoms with Crippen molar-refractivity contribution in [3.8, 4) is 0 Å². The molecule has 0 unspecified atom stereocenters. The van der Waals surface area contributed by atoms with Gasteiger partial charge in [0.05, 0.1) is 0 Å². The lowest BCUT2D eigenvalue weighted by Crippen LogP contribution is -2.07. The van der Waals surface area contributed by atoms with Gasteiger partial charge in [-0.2, -0.15) is 0 Å². The molecule has 0 aliphatic rings. The van der Waals surface area contributed by atoms with E-state index in [-0.39, 0.29) is 14.3 Å². The Morgan fingerprint density at radius 1 is 1.12 bits per heavy atom. The Balaban J connectivity index is 2.07. The highest BCUT2D eigenvalue weighted by Crippen LogP contribution is 2.09. The van der Waals surface area contributed by atoms with Gasteiger partial charge in [0, 0.05) is 6.20 Å². The number of hydrogen-bond donors (Lipinski definition) is 0. The fourth-order valence-electron chi connectivity index (χ4n) is 1.64. The van der Waals surface area contributed by atoms with Crippen molar-refractivity contribution >= 4 is 13.9 Å². The van der Waals surface area contributed by atoms with E-state index in [1.807, 2.05) is 12.1 Å². The van der Waals surface area contributed by atoms with Gasteiger partial charge in [0.25, 0.3) is 0 Å².